The molecule has 0 radical (unpaired) electrons. The summed E-state index contributed by atoms with van der Waals surface area (Å²) in [5.74, 6) is -0.438. The highest BCUT2D eigenvalue weighted by atomic mass is 35.5. The molecule has 0 saturated heterocycles. The zero-order valence-corrected chi connectivity index (χ0v) is 26.1. The van der Waals surface area contributed by atoms with E-state index in [4.69, 9.17) is 30.4 Å². The fraction of sp³-hybridized carbons (Fsp3) is 0.219. The zero-order valence-electron chi connectivity index (χ0n) is 24.6. The van der Waals surface area contributed by atoms with Crippen molar-refractivity contribution in [2.75, 3.05) is 13.2 Å². The Labute approximate surface area is 274 Å². The molecule has 1 aromatic heterocycles. The van der Waals surface area contributed by atoms with Gasteiger partial charge in [0.15, 0.2) is 0 Å². The van der Waals surface area contributed by atoms with Crippen molar-refractivity contribution in [3.63, 3.8) is 0 Å². The SMILES string of the molecule is CCOC(=O)[C@@H](CO)NCc1cc([N+](=O)[O-])c(OCc2cccc(-c3ccccc3)c2Cl)cc1OCc1ccc2nonc2c1.Cl. The van der Waals surface area contributed by atoms with Crippen LogP contribution in [0.3, 0.4) is 0 Å². The van der Waals surface area contributed by atoms with Gasteiger partial charge in [0.05, 0.1) is 23.2 Å². The molecule has 0 bridgehead atoms. The minimum Gasteiger partial charge on any atom is -0.488 e. The number of rotatable bonds is 14. The third-order valence-corrected chi connectivity index (χ3v) is 7.34. The number of carbonyl (C=O) groups is 1. The molecule has 0 saturated carbocycles. The number of carbonyl (C=O) groups excluding carboxylic acids is 1. The number of aliphatic hydroxyl groups is 1. The smallest absolute Gasteiger partial charge is 0.325 e. The molecule has 2 N–H and O–H groups in total. The molecular formula is C32H30Cl2N4O8. The maximum absolute atomic E-state index is 12.2. The van der Waals surface area contributed by atoms with Crippen molar-refractivity contribution < 1.29 is 33.7 Å². The Bertz CT molecular complexity index is 1800. The zero-order chi connectivity index (χ0) is 31.8. The van der Waals surface area contributed by atoms with Crippen molar-refractivity contribution in [3.8, 4) is 22.6 Å². The number of fused-ring (bicyclic) bond motifs is 1. The van der Waals surface area contributed by atoms with Crippen molar-refractivity contribution in [2.24, 2.45) is 0 Å². The molecule has 46 heavy (non-hydrogen) atoms. The highest BCUT2D eigenvalue weighted by Gasteiger charge is 2.24. The van der Waals surface area contributed by atoms with E-state index < -0.39 is 23.5 Å². The van der Waals surface area contributed by atoms with Gasteiger partial charge in [0.25, 0.3) is 0 Å². The maximum atomic E-state index is 12.2. The van der Waals surface area contributed by atoms with E-state index in [0.29, 0.717) is 27.2 Å². The average molecular weight is 670 g/mol. The number of esters is 1. The van der Waals surface area contributed by atoms with Crippen LogP contribution in [0.15, 0.2) is 83.5 Å². The summed E-state index contributed by atoms with van der Waals surface area (Å²) < 4.78 is 21.9. The van der Waals surface area contributed by atoms with Gasteiger partial charge in [0, 0.05) is 35.4 Å². The lowest BCUT2D eigenvalue weighted by Crippen LogP contribution is -2.40. The fourth-order valence-corrected chi connectivity index (χ4v) is 4.88. The summed E-state index contributed by atoms with van der Waals surface area (Å²) in [6, 6.07) is 22.1. The lowest BCUT2D eigenvalue weighted by molar-refractivity contribution is -0.386. The summed E-state index contributed by atoms with van der Waals surface area (Å²) >= 11 is 6.73. The molecule has 5 aromatic rings. The first-order valence-electron chi connectivity index (χ1n) is 14.0. The lowest BCUT2D eigenvalue weighted by Gasteiger charge is -2.18. The summed E-state index contributed by atoms with van der Waals surface area (Å²) in [5, 5.41) is 32.9. The van der Waals surface area contributed by atoms with Crippen LogP contribution >= 0.6 is 24.0 Å². The summed E-state index contributed by atoms with van der Waals surface area (Å²) in [4.78, 5) is 23.8. The Morgan fingerprint density at radius 2 is 1.74 bits per heavy atom. The average Bonchev–Trinajstić information content (AvgIpc) is 3.52. The monoisotopic (exact) mass is 668 g/mol. The molecule has 0 spiro atoms. The Kier molecular flexibility index (Phi) is 11.9. The lowest BCUT2D eigenvalue weighted by atomic mass is 10.0. The van der Waals surface area contributed by atoms with Crippen LogP contribution in [0.2, 0.25) is 5.02 Å². The van der Waals surface area contributed by atoms with Gasteiger partial charge in [-0.05, 0) is 40.5 Å². The Balaban J connectivity index is 0.00000480. The van der Waals surface area contributed by atoms with E-state index >= 15 is 0 Å². The summed E-state index contributed by atoms with van der Waals surface area (Å²) in [5.41, 5.74) is 4.26. The number of hydrogen-bond acceptors (Lipinski definition) is 11. The van der Waals surface area contributed by atoms with Crippen LogP contribution in [-0.4, -0.2) is 45.6 Å². The van der Waals surface area contributed by atoms with Gasteiger partial charge in [-0.15, -0.1) is 12.4 Å². The van der Waals surface area contributed by atoms with E-state index in [2.05, 4.69) is 15.6 Å². The van der Waals surface area contributed by atoms with E-state index in [9.17, 15) is 20.0 Å². The van der Waals surface area contributed by atoms with Crippen molar-refractivity contribution in [3.05, 3.63) is 111 Å². The van der Waals surface area contributed by atoms with Crippen LogP contribution in [-0.2, 0) is 29.3 Å². The number of aromatic nitrogens is 2. The summed E-state index contributed by atoms with van der Waals surface area (Å²) in [7, 11) is 0. The normalized spacial score (nSPS) is 11.5. The first-order chi connectivity index (χ1) is 21.9. The van der Waals surface area contributed by atoms with Gasteiger partial charge in [-0.3, -0.25) is 20.2 Å². The molecule has 0 unspecified atom stereocenters. The minimum absolute atomic E-state index is 0. The number of hydrogen-bond donors (Lipinski definition) is 2. The Morgan fingerprint density at radius 1 is 0.978 bits per heavy atom. The van der Waals surface area contributed by atoms with Crippen molar-refractivity contribution in [1.82, 2.24) is 15.6 Å². The first kappa shape index (κ1) is 34.1. The van der Waals surface area contributed by atoms with Crippen LogP contribution in [0, 0.1) is 10.1 Å². The second-order valence-electron chi connectivity index (χ2n) is 9.86. The van der Waals surface area contributed by atoms with Crippen LogP contribution in [0.4, 0.5) is 5.69 Å². The van der Waals surface area contributed by atoms with Gasteiger partial charge in [0.1, 0.15) is 36.0 Å². The molecule has 0 amide bonds. The van der Waals surface area contributed by atoms with Gasteiger partial charge in [-0.1, -0.05) is 66.2 Å². The van der Waals surface area contributed by atoms with E-state index in [0.717, 1.165) is 16.7 Å². The number of nitrogens with one attached hydrogen (secondary N) is 1. The quantitative estimate of drug-likeness (QED) is 0.0806. The Morgan fingerprint density at radius 3 is 2.48 bits per heavy atom. The second kappa shape index (κ2) is 16.0. The molecule has 12 nitrogen and oxygen atoms in total. The number of benzene rings is 4. The second-order valence-corrected chi connectivity index (χ2v) is 10.2. The van der Waals surface area contributed by atoms with Gasteiger partial charge in [-0.2, -0.15) is 0 Å². The standard InChI is InChI=1S/C32H29ClN4O8.ClH/c1-2-42-32(39)27(17-38)34-16-23-14-28(37(40)41)30(15-29(23)43-18-20-11-12-25-26(13-20)36-45-35-25)44-19-22-9-6-10-24(31(22)33)21-7-4-3-5-8-21;/h3-15,27,34,38H,2,16-19H2,1H3;1H/t27-;/m1./s1. The van der Waals surface area contributed by atoms with Gasteiger partial charge < -0.3 is 19.3 Å². The third kappa shape index (κ3) is 8.09. The van der Waals surface area contributed by atoms with Crippen molar-refractivity contribution >= 4 is 46.7 Å². The molecule has 240 valence electrons. The summed E-state index contributed by atoms with van der Waals surface area (Å²) in [6.45, 7) is 1.21. The molecule has 0 aliphatic heterocycles. The third-order valence-electron chi connectivity index (χ3n) is 6.89. The van der Waals surface area contributed by atoms with Gasteiger partial charge in [-0.25, -0.2) is 4.63 Å². The molecule has 5 rings (SSSR count). The fourth-order valence-electron chi connectivity index (χ4n) is 4.59. The number of nitro benzene ring substituents is 1. The molecule has 0 fully saturated rings. The molecule has 1 heterocycles. The molecular weight excluding hydrogens is 639 g/mol. The number of nitrogens with zero attached hydrogens (tertiary/aromatic N) is 3. The van der Waals surface area contributed by atoms with E-state index in [1.54, 1.807) is 31.2 Å². The molecule has 1 atom stereocenters. The first-order valence-corrected chi connectivity index (χ1v) is 14.4. The predicted octanol–water partition coefficient (Wildman–Crippen LogP) is 6.04. The molecule has 4 aromatic carbocycles. The number of ether oxygens (including phenoxy) is 3. The minimum atomic E-state index is -1.05. The predicted molar refractivity (Wildman–Crippen MR) is 172 cm³/mol. The van der Waals surface area contributed by atoms with E-state index in [-0.39, 0.29) is 56.0 Å². The highest BCUT2D eigenvalue weighted by molar-refractivity contribution is 6.34. The van der Waals surface area contributed by atoms with Crippen molar-refractivity contribution in [1.29, 1.82) is 0 Å². The van der Waals surface area contributed by atoms with Gasteiger partial charge >= 0.3 is 11.7 Å². The topological polar surface area (TPSA) is 159 Å². The van der Waals surface area contributed by atoms with Gasteiger partial charge in [0.2, 0.25) is 5.75 Å². The van der Waals surface area contributed by atoms with E-state index in [1.807, 2.05) is 42.5 Å². The van der Waals surface area contributed by atoms with E-state index in [1.165, 1.54) is 12.1 Å². The highest BCUT2D eigenvalue weighted by Crippen LogP contribution is 2.37. The number of aliphatic hydroxyl groups excluding tert-OH is 1. The summed E-state index contributed by atoms with van der Waals surface area (Å²) in [6.07, 6.45) is 0. The number of nitro groups is 1. The largest absolute Gasteiger partial charge is 0.488 e. The maximum Gasteiger partial charge on any atom is 0.325 e. The molecule has 0 aliphatic carbocycles. The molecule has 0 aliphatic rings. The van der Waals surface area contributed by atoms with Crippen molar-refractivity contribution in [2.45, 2.75) is 32.7 Å². The molecule has 14 heteroatoms. The van der Waals surface area contributed by atoms with Crippen LogP contribution in [0.1, 0.15) is 23.6 Å². The van der Waals surface area contributed by atoms with Crippen LogP contribution in [0.25, 0.3) is 22.2 Å². The number of halogens is 2. The van der Waals surface area contributed by atoms with Crippen LogP contribution in [0.5, 0.6) is 11.5 Å². The van der Waals surface area contributed by atoms with Crippen LogP contribution < -0.4 is 14.8 Å². The Hall–Kier alpha value is -4.75.